The highest BCUT2D eigenvalue weighted by Gasteiger charge is 2.59. The third kappa shape index (κ3) is 2.46. The Morgan fingerprint density at radius 2 is 1.94 bits per heavy atom. The van der Waals surface area contributed by atoms with Gasteiger partial charge in [-0.2, -0.15) is 0 Å². The van der Waals surface area contributed by atoms with E-state index in [1.807, 2.05) is 24.3 Å². The van der Waals surface area contributed by atoms with E-state index in [0.717, 1.165) is 10.0 Å². The van der Waals surface area contributed by atoms with Gasteiger partial charge in [0.25, 0.3) is 0 Å². The van der Waals surface area contributed by atoms with Gasteiger partial charge in [0.1, 0.15) is 0 Å². The molecule has 0 aliphatic heterocycles. The van der Waals surface area contributed by atoms with E-state index in [4.69, 9.17) is 18.0 Å². The molecule has 3 nitrogen and oxygen atoms in total. The Bertz CT molecular complexity index is 568. The van der Waals surface area contributed by atoms with Gasteiger partial charge in [0.15, 0.2) is 9.84 Å². The molecule has 1 saturated carbocycles. The Morgan fingerprint density at radius 1 is 1.39 bits per heavy atom. The van der Waals surface area contributed by atoms with Crippen LogP contribution in [0.4, 0.5) is 0 Å². The van der Waals surface area contributed by atoms with Crippen molar-refractivity contribution in [3.05, 3.63) is 34.3 Å². The molecule has 1 aliphatic rings. The van der Waals surface area contributed by atoms with E-state index < -0.39 is 15.1 Å². The summed E-state index contributed by atoms with van der Waals surface area (Å²) in [5, 5.41) is -0.443. The Morgan fingerprint density at radius 3 is 2.39 bits per heavy atom. The number of benzene rings is 1. The lowest BCUT2D eigenvalue weighted by atomic mass is 10.1. The second-order valence-corrected chi connectivity index (χ2v) is 8.26. The summed E-state index contributed by atoms with van der Waals surface area (Å²) in [4.78, 5) is 0.296. The topological polar surface area (TPSA) is 60.2 Å². The summed E-state index contributed by atoms with van der Waals surface area (Å²) in [6.45, 7) is 1.66. The van der Waals surface area contributed by atoms with Crippen molar-refractivity contribution in [2.75, 3.05) is 5.75 Å². The first-order valence-corrected chi connectivity index (χ1v) is 8.56. The normalized spacial score (nSPS) is 26.9. The highest BCUT2D eigenvalue weighted by atomic mass is 79.9. The van der Waals surface area contributed by atoms with E-state index in [9.17, 15) is 8.42 Å². The Hall–Kier alpha value is -0.460. The van der Waals surface area contributed by atoms with E-state index in [2.05, 4.69) is 15.9 Å². The molecule has 1 fully saturated rings. The number of nitrogens with two attached hydrogens (primary N) is 1. The molecule has 3 atom stereocenters. The largest absolute Gasteiger partial charge is 0.393 e. The summed E-state index contributed by atoms with van der Waals surface area (Å²) >= 11 is 8.34. The zero-order valence-electron chi connectivity index (χ0n) is 9.84. The lowest BCUT2D eigenvalue weighted by Crippen LogP contribution is -2.18. The van der Waals surface area contributed by atoms with Crippen LogP contribution in [0.5, 0.6) is 0 Å². The molecule has 0 unspecified atom stereocenters. The maximum Gasteiger partial charge on any atom is 0.154 e. The third-order valence-corrected chi connectivity index (χ3v) is 6.38. The van der Waals surface area contributed by atoms with E-state index in [1.54, 1.807) is 6.92 Å². The number of rotatable bonds is 4. The molecule has 1 aromatic carbocycles. The molecule has 2 rings (SSSR count). The molecule has 0 spiro atoms. The molecule has 0 bridgehead atoms. The van der Waals surface area contributed by atoms with E-state index in [-0.39, 0.29) is 17.6 Å². The molecular weight excluding hydrogens is 334 g/mol. The van der Waals surface area contributed by atoms with Crippen LogP contribution in [0.1, 0.15) is 18.4 Å². The van der Waals surface area contributed by atoms with E-state index in [0.29, 0.717) is 4.99 Å². The smallest absolute Gasteiger partial charge is 0.154 e. The maximum absolute atomic E-state index is 12.0. The van der Waals surface area contributed by atoms with Gasteiger partial charge in [-0.05, 0) is 17.7 Å². The van der Waals surface area contributed by atoms with Crippen molar-refractivity contribution in [1.82, 2.24) is 0 Å². The van der Waals surface area contributed by atoms with Crippen LogP contribution in [0.2, 0.25) is 0 Å². The van der Waals surface area contributed by atoms with Gasteiger partial charge < -0.3 is 5.73 Å². The molecule has 2 N–H and O–H groups in total. The predicted octanol–water partition coefficient (Wildman–Crippen LogP) is 2.25. The van der Waals surface area contributed by atoms with E-state index in [1.165, 1.54) is 0 Å². The first-order valence-electron chi connectivity index (χ1n) is 5.65. The summed E-state index contributed by atoms with van der Waals surface area (Å²) in [5.41, 5.74) is 6.64. The second kappa shape index (κ2) is 4.90. The zero-order valence-corrected chi connectivity index (χ0v) is 13.1. The quantitative estimate of drug-likeness (QED) is 0.848. The fourth-order valence-electron chi connectivity index (χ4n) is 2.34. The van der Waals surface area contributed by atoms with Crippen molar-refractivity contribution < 1.29 is 8.42 Å². The molecule has 1 aliphatic carbocycles. The van der Waals surface area contributed by atoms with Crippen LogP contribution in [0.3, 0.4) is 0 Å². The van der Waals surface area contributed by atoms with Crippen molar-refractivity contribution in [2.24, 2.45) is 11.7 Å². The number of hydrogen-bond acceptors (Lipinski definition) is 3. The van der Waals surface area contributed by atoms with Gasteiger partial charge in [-0.1, -0.05) is 47.2 Å². The zero-order chi connectivity index (χ0) is 13.5. The van der Waals surface area contributed by atoms with Crippen LogP contribution in [0.15, 0.2) is 28.7 Å². The van der Waals surface area contributed by atoms with Gasteiger partial charge in [0, 0.05) is 22.1 Å². The predicted molar refractivity (Wildman–Crippen MR) is 80.4 cm³/mol. The Kier molecular flexibility index (Phi) is 3.80. The maximum atomic E-state index is 12.0. The van der Waals surface area contributed by atoms with Crippen molar-refractivity contribution in [3.8, 4) is 0 Å². The van der Waals surface area contributed by atoms with Gasteiger partial charge in [-0.3, -0.25) is 0 Å². The molecular formula is C12H14BrNO2S2. The molecule has 0 radical (unpaired) electrons. The summed E-state index contributed by atoms with van der Waals surface area (Å²) in [5.74, 6) is -0.171. The minimum atomic E-state index is -3.11. The SMILES string of the molecule is CCS(=O)(=O)[C@@H]1[C@@H](C(N)=S)[C@H]1c1ccc(Br)cc1. The van der Waals surface area contributed by atoms with Crippen LogP contribution in [-0.2, 0) is 9.84 Å². The van der Waals surface area contributed by atoms with Gasteiger partial charge in [0.05, 0.1) is 10.2 Å². The average Bonchev–Trinajstić information content (AvgIpc) is 3.06. The van der Waals surface area contributed by atoms with Crippen molar-refractivity contribution in [2.45, 2.75) is 18.1 Å². The second-order valence-electron chi connectivity index (χ2n) is 4.42. The minimum absolute atomic E-state index is 0.0828. The number of hydrogen-bond donors (Lipinski definition) is 1. The van der Waals surface area contributed by atoms with Crippen molar-refractivity contribution >= 4 is 43.0 Å². The first-order chi connectivity index (χ1) is 8.38. The number of halogens is 1. The molecule has 0 heterocycles. The molecule has 0 saturated heterocycles. The Balaban J connectivity index is 2.33. The molecule has 18 heavy (non-hydrogen) atoms. The highest BCUT2D eigenvalue weighted by Crippen LogP contribution is 2.52. The van der Waals surface area contributed by atoms with Gasteiger partial charge in [-0.25, -0.2) is 8.42 Å². The summed E-state index contributed by atoms with van der Waals surface area (Å²) in [7, 11) is -3.11. The Labute approximate surface area is 121 Å². The monoisotopic (exact) mass is 347 g/mol. The summed E-state index contributed by atoms with van der Waals surface area (Å²) < 4.78 is 25.0. The standard InChI is InChI=1S/C12H14BrNO2S2/c1-2-18(15,16)11-9(10(11)12(14)17)7-3-5-8(13)6-4-7/h3-6,9-11H,2H2,1H3,(H2,14,17)/t9-,10+,11+/m1/s1. The van der Waals surface area contributed by atoms with Gasteiger partial charge >= 0.3 is 0 Å². The number of sulfone groups is 1. The fraction of sp³-hybridized carbons (Fsp3) is 0.417. The summed E-state index contributed by atoms with van der Waals surface area (Å²) in [6.07, 6.45) is 0. The van der Waals surface area contributed by atoms with Crippen LogP contribution in [0.25, 0.3) is 0 Å². The molecule has 6 heteroatoms. The molecule has 0 amide bonds. The average molecular weight is 348 g/mol. The molecule has 1 aromatic rings. The summed E-state index contributed by atoms with van der Waals surface area (Å²) in [6, 6.07) is 7.65. The minimum Gasteiger partial charge on any atom is -0.393 e. The third-order valence-electron chi connectivity index (χ3n) is 3.35. The van der Waals surface area contributed by atoms with Crippen LogP contribution in [-0.4, -0.2) is 24.4 Å². The van der Waals surface area contributed by atoms with Crippen LogP contribution in [0, 0.1) is 5.92 Å². The van der Waals surface area contributed by atoms with Gasteiger partial charge in [0.2, 0.25) is 0 Å². The van der Waals surface area contributed by atoms with Crippen LogP contribution >= 0.6 is 28.1 Å². The fourth-order valence-corrected chi connectivity index (χ4v) is 4.82. The molecule has 98 valence electrons. The van der Waals surface area contributed by atoms with Crippen molar-refractivity contribution in [1.29, 1.82) is 0 Å². The lowest BCUT2D eigenvalue weighted by Gasteiger charge is -2.00. The highest BCUT2D eigenvalue weighted by molar-refractivity contribution is 9.10. The van der Waals surface area contributed by atoms with Crippen molar-refractivity contribution in [3.63, 3.8) is 0 Å². The molecule has 0 aromatic heterocycles. The van der Waals surface area contributed by atoms with Crippen LogP contribution < -0.4 is 5.73 Å². The lowest BCUT2D eigenvalue weighted by molar-refractivity contribution is 0.594. The van der Waals surface area contributed by atoms with Gasteiger partial charge in [-0.15, -0.1) is 0 Å². The van der Waals surface area contributed by atoms with E-state index >= 15 is 0 Å². The first kappa shape index (κ1) is 14.0. The number of thiocarbonyl (C=S) groups is 1.